The van der Waals surface area contributed by atoms with E-state index in [1.165, 1.54) is 30.7 Å². The van der Waals surface area contributed by atoms with Gasteiger partial charge in [-0.15, -0.1) is 0 Å². The summed E-state index contributed by atoms with van der Waals surface area (Å²) in [6, 6.07) is 4.43. The van der Waals surface area contributed by atoms with E-state index in [1.54, 1.807) is 0 Å². The highest BCUT2D eigenvalue weighted by molar-refractivity contribution is 8.06. The topological polar surface area (TPSA) is 0 Å². The molecule has 0 N–H and O–H groups in total. The quantitative estimate of drug-likeness (QED) is 0.411. The smallest absolute Gasteiger partial charge is 0.0996 e. The average molecular weight is 340 g/mol. The Morgan fingerprint density at radius 1 is 0.783 bits per heavy atom. The molecule has 1 aromatic rings. The number of rotatable bonds is 4. The number of aryl methyl sites for hydroxylation is 2. The van der Waals surface area contributed by atoms with E-state index < -0.39 is 0 Å². The van der Waals surface area contributed by atoms with Gasteiger partial charge in [0.2, 0.25) is 21.1 Å². The molecule has 23 heavy (non-hydrogen) atoms. The average Bonchev–Trinajstić information content (AvgIpc) is 2.44. The molecule has 0 saturated heterocycles. The van der Waals surface area contributed by atoms with Crippen molar-refractivity contribution in [2.45, 2.75) is 27.7 Å². The molecule has 0 fully saturated rings. The summed E-state index contributed by atoms with van der Waals surface area (Å²) in [7, 11) is 0. The Kier molecular flexibility index (Phi) is 6.82. The van der Waals surface area contributed by atoms with Gasteiger partial charge in [0.25, 0.3) is 0 Å². The molecule has 0 atom stereocenters. The fraction of sp³-hybridized carbons (Fsp3) is 0.190. The van der Waals surface area contributed by atoms with Crippen molar-refractivity contribution >= 4 is 29.2 Å². The van der Waals surface area contributed by atoms with Gasteiger partial charge in [-0.1, -0.05) is 54.3 Å². The molecule has 0 amide bonds. The van der Waals surface area contributed by atoms with Crippen LogP contribution in [0.1, 0.15) is 29.2 Å². The molecule has 0 aliphatic carbocycles. The first-order chi connectivity index (χ1) is 11.0. The van der Waals surface area contributed by atoms with Crippen molar-refractivity contribution in [3.63, 3.8) is 0 Å². The standard InChI is InChI=1S/C21H23S2/c1-16-12-20(13-17(2)22-16)10-8-6-5-7-9-11-21-14-18(3)23-19(4)15-21/h5-15H,1-4H3/q+1. The minimum atomic E-state index is 1.26. The van der Waals surface area contributed by atoms with Gasteiger partial charge in [0.15, 0.2) is 0 Å². The molecular weight excluding hydrogens is 316 g/mol. The highest BCUT2D eigenvalue weighted by Crippen LogP contribution is 2.31. The lowest BCUT2D eigenvalue weighted by molar-refractivity contribution is 1.52. The van der Waals surface area contributed by atoms with Gasteiger partial charge in [0.05, 0.1) is 0 Å². The minimum Gasteiger partial charge on any atom is -0.0996 e. The largest absolute Gasteiger partial charge is 0.217 e. The van der Waals surface area contributed by atoms with E-state index in [0.29, 0.717) is 0 Å². The maximum atomic E-state index is 2.21. The summed E-state index contributed by atoms with van der Waals surface area (Å²) >= 11 is 3.66. The van der Waals surface area contributed by atoms with Gasteiger partial charge < -0.3 is 0 Å². The molecule has 0 nitrogen and oxygen atoms in total. The van der Waals surface area contributed by atoms with Crippen LogP contribution in [0.25, 0.3) is 6.08 Å². The first-order valence-corrected chi connectivity index (χ1v) is 9.34. The van der Waals surface area contributed by atoms with Crippen molar-refractivity contribution in [2.75, 3.05) is 0 Å². The lowest BCUT2D eigenvalue weighted by atomic mass is 10.2. The number of hydrogen-bond donors (Lipinski definition) is 0. The molecular formula is C21H23S2+. The van der Waals surface area contributed by atoms with Gasteiger partial charge in [0, 0.05) is 26.0 Å². The van der Waals surface area contributed by atoms with Crippen LogP contribution in [-0.2, 0) is 0 Å². The van der Waals surface area contributed by atoms with Gasteiger partial charge in [-0.25, -0.2) is 0 Å². The van der Waals surface area contributed by atoms with E-state index in [9.17, 15) is 0 Å². The van der Waals surface area contributed by atoms with Crippen LogP contribution in [0.4, 0.5) is 0 Å². The van der Waals surface area contributed by atoms with E-state index in [-0.39, 0.29) is 0 Å². The molecule has 1 aliphatic heterocycles. The second kappa shape index (κ2) is 8.85. The summed E-state index contributed by atoms with van der Waals surface area (Å²) in [5.41, 5.74) is 2.52. The zero-order valence-electron chi connectivity index (χ0n) is 14.2. The van der Waals surface area contributed by atoms with Gasteiger partial charge in [0.1, 0.15) is 0 Å². The van der Waals surface area contributed by atoms with Crippen molar-refractivity contribution in [1.82, 2.24) is 0 Å². The van der Waals surface area contributed by atoms with Crippen molar-refractivity contribution in [3.05, 3.63) is 91.4 Å². The molecule has 0 spiro atoms. The molecule has 0 bridgehead atoms. The van der Waals surface area contributed by atoms with Gasteiger partial charge >= 0.3 is 0 Å². The van der Waals surface area contributed by atoms with Gasteiger partial charge in [-0.05, 0) is 46.9 Å². The zero-order chi connectivity index (χ0) is 16.7. The SMILES string of the molecule is CC1=CC(=C/C=C/C=C/C=C/c2cc(C)[s+]c(C)c2)C=C(C)S1. The highest BCUT2D eigenvalue weighted by atomic mass is 32.2. The molecule has 2 heterocycles. The Morgan fingerprint density at radius 3 is 2.00 bits per heavy atom. The maximum absolute atomic E-state index is 2.21. The van der Waals surface area contributed by atoms with Crippen molar-refractivity contribution in [3.8, 4) is 0 Å². The van der Waals surface area contributed by atoms with Crippen LogP contribution in [0.2, 0.25) is 0 Å². The maximum Gasteiger partial charge on any atom is 0.217 e. The van der Waals surface area contributed by atoms with Crippen molar-refractivity contribution in [1.29, 1.82) is 0 Å². The number of hydrogen-bond acceptors (Lipinski definition) is 1. The van der Waals surface area contributed by atoms with Gasteiger partial charge in [-0.3, -0.25) is 0 Å². The normalized spacial score (nSPS) is 15.6. The Morgan fingerprint density at radius 2 is 1.35 bits per heavy atom. The second-order valence-corrected chi connectivity index (χ2v) is 8.50. The fourth-order valence-electron chi connectivity index (χ4n) is 2.37. The van der Waals surface area contributed by atoms with E-state index >= 15 is 0 Å². The summed E-state index contributed by atoms with van der Waals surface area (Å²) in [5, 5.41) is 0. The number of thioether (sulfide) groups is 1. The van der Waals surface area contributed by atoms with Crippen LogP contribution in [0.5, 0.6) is 0 Å². The van der Waals surface area contributed by atoms with Crippen molar-refractivity contribution in [2.24, 2.45) is 0 Å². The van der Waals surface area contributed by atoms with Crippen LogP contribution in [0, 0.1) is 13.8 Å². The molecule has 1 aliphatic rings. The third kappa shape index (κ3) is 6.55. The van der Waals surface area contributed by atoms with Crippen LogP contribution in [0.3, 0.4) is 0 Å². The van der Waals surface area contributed by atoms with Gasteiger partial charge in [-0.2, -0.15) is 0 Å². The van der Waals surface area contributed by atoms with E-state index in [4.69, 9.17) is 0 Å². The van der Waals surface area contributed by atoms with Crippen LogP contribution in [-0.4, -0.2) is 0 Å². The first-order valence-electron chi connectivity index (χ1n) is 7.70. The number of allylic oxidation sites excluding steroid dienone is 11. The Labute approximate surface area is 148 Å². The Balaban J connectivity index is 1.91. The lowest BCUT2D eigenvalue weighted by Gasteiger charge is -2.08. The summed E-state index contributed by atoms with van der Waals surface area (Å²) < 4.78 is 0. The van der Waals surface area contributed by atoms with Crippen LogP contribution >= 0.6 is 23.1 Å². The molecule has 118 valence electrons. The Bertz CT molecular complexity index is 701. The molecule has 0 unspecified atom stereocenters. The summed E-state index contributed by atoms with van der Waals surface area (Å²) in [6.07, 6.45) is 19.1. The predicted molar refractivity (Wildman–Crippen MR) is 109 cm³/mol. The summed E-state index contributed by atoms with van der Waals surface area (Å²) in [4.78, 5) is 5.38. The fourth-order valence-corrected chi connectivity index (χ4v) is 4.16. The molecule has 1 aromatic heterocycles. The second-order valence-electron chi connectivity index (χ2n) is 5.52. The van der Waals surface area contributed by atoms with Crippen molar-refractivity contribution < 1.29 is 0 Å². The van der Waals surface area contributed by atoms with Crippen LogP contribution in [0.15, 0.2) is 76.1 Å². The summed E-state index contributed by atoms with van der Waals surface area (Å²) in [5.74, 6) is 0. The van der Waals surface area contributed by atoms with E-state index in [2.05, 4.69) is 94.5 Å². The third-order valence-electron chi connectivity index (χ3n) is 3.15. The zero-order valence-corrected chi connectivity index (χ0v) is 15.8. The monoisotopic (exact) mass is 339 g/mol. The third-order valence-corrected chi connectivity index (χ3v) is 4.90. The molecule has 2 heteroatoms. The Hall–Kier alpha value is -1.64. The molecule has 0 radical (unpaired) electrons. The molecule has 0 saturated carbocycles. The van der Waals surface area contributed by atoms with Crippen LogP contribution < -0.4 is 0 Å². The minimum absolute atomic E-state index is 1.26. The van der Waals surface area contributed by atoms with E-state index in [0.717, 1.165) is 0 Å². The summed E-state index contributed by atoms with van der Waals surface area (Å²) in [6.45, 7) is 8.60. The molecule has 2 rings (SSSR count). The highest BCUT2D eigenvalue weighted by Gasteiger charge is 2.04. The first kappa shape index (κ1) is 17.7. The lowest BCUT2D eigenvalue weighted by Crippen LogP contribution is -1.83. The molecule has 0 aromatic carbocycles. The van der Waals surface area contributed by atoms with E-state index in [1.807, 2.05) is 23.1 Å². The predicted octanol–water partition coefficient (Wildman–Crippen LogP) is 7.25.